The van der Waals surface area contributed by atoms with Crippen LogP contribution >= 0.6 is 0 Å². The first-order valence-corrected chi connectivity index (χ1v) is 11.6. The van der Waals surface area contributed by atoms with Crippen LogP contribution in [0.3, 0.4) is 0 Å². The molecular weight excluding hydrogens is 386 g/mol. The van der Waals surface area contributed by atoms with Crippen molar-refractivity contribution in [2.75, 3.05) is 0 Å². The summed E-state index contributed by atoms with van der Waals surface area (Å²) in [6.07, 6.45) is 2.85. The van der Waals surface area contributed by atoms with Gasteiger partial charge in [0.25, 0.3) is 0 Å². The van der Waals surface area contributed by atoms with E-state index in [1.54, 1.807) is 0 Å². The summed E-state index contributed by atoms with van der Waals surface area (Å²) < 4.78 is 36.0. The Balaban J connectivity index is 1.62. The molecule has 3 aromatic rings. The second-order valence-electron chi connectivity index (χ2n) is 8.00. The lowest BCUT2D eigenvalue weighted by Crippen LogP contribution is -2.40. The van der Waals surface area contributed by atoms with Crippen molar-refractivity contribution in [2.24, 2.45) is 0 Å². The van der Waals surface area contributed by atoms with Gasteiger partial charge in [0.05, 0.1) is 23.0 Å². The Morgan fingerprint density at radius 3 is 2.48 bits per heavy atom. The van der Waals surface area contributed by atoms with Crippen LogP contribution < -0.4 is 9.46 Å². The average molecular weight is 414 g/mol. The van der Waals surface area contributed by atoms with Gasteiger partial charge in [-0.3, -0.25) is 4.68 Å². The molecule has 6 nitrogen and oxygen atoms in total. The molecule has 0 spiro atoms. The Bertz CT molecular complexity index is 1090. The molecular formula is C22H27N3O3S. The van der Waals surface area contributed by atoms with Crippen molar-refractivity contribution in [1.82, 2.24) is 14.5 Å². The molecule has 4 rings (SSSR count). The maximum absolute atomic E-state index is 12.5. The summed E-state index contributed by atoms with van der Waals surface area (Å²) in [4.78, 5) is 0. The van der Waals surface area contributed by atoms with E-state index in [1.807, 2.05) is 66.3 Å². The molecule has 1 aromatic heterocycles. The van der Waals surface area contributed by atoms with Gasteiger partial charge in [0.2, 0.25) is 10.0 Å². The van der Waals surface area contributed by atoms with Gasteiger partial charge < -0.3 is 4.74 Å². The number of hydrogen-bond acceptors (Lipinski definition) is 4. The lowest BCUT2D eigenvalue weighted by molar-refractivity contribution is 0.173. The van der Waals surface area contributed by atoms with Gasteiger partial charge in [-0.15, -0.1) is 0 Å². The summed E-state index contributed by atoms with van der Waals surface area (Å²) >= 11 is 0. The maximum atomic E-state index is 12.5. The lowest BCUT2D eigenvalue weighted by atomic mass is 10.0. The van der Waals surface area contributed by atoms with Crippen molar-refractivity contribution in [3.63, 3.8) is 0 Å². The van der Waals surface area contributed by atoms with Crippen molar-refractivity contribution in [1.29, 1.82) is 0 Å². The first-order chi connectivity index (χ1) is 13.8. The largest absolute Gasteiger partial charge is 0.484 e. The Morgan fingerprint density at radius 1 is 1.10 bits per heavy atom. The third-order valence-electron chi connectivity index (χ3n) is 5.21. The molecule has 0 saturated heterocycles. The number of ether oxygens (including phenoxy) is 1. The van der Waals surface area contributed by atoms with Gasteiger partial charge in [-0.25, -0.2) is 13.1 Å². The number of sulfonamides is 1. The molecule has 2 aromatic carbocycles. The number of hydrogen-bond donors (Lipinski definition) is 1. The average Bonchev–Trinajstić information content (AvgIpc) is 3.47. The quantitative estimate of drug-likeness (QED) is 0.600. The van der Waals surface area contributed by atoms with Crippen LogP contribution in [0.15, 0.2) is 54.7 Å². The van der Waals surface area contributed by atoms with E-state index in [0.29, 0.717) is 5.75 Å². The second kappa shape index (κ2) is 7.80. The summed E-state index contributed by atoms with van der Waals surface area (Å²) in [5, 5.41) is 5.18. The highest BCUT2D eigenvalue weighted by molar-refractivity contribution is 7.90. The number of rotatable bonds is 8. The van der Waals surface area contributed by atoms with E-state index >= 15 is 0 Å². The molecule has 7 heteroatoms. The minimum Gasteiger partial charge on any atom is -0.484 e. The molecule has 2 atom stereocenters. The Morgan fingerprint density at radius 2 is 1.83 bits per heavy atom. The van der Waals surface area contributed by atoms with Crippen LogP contribution in [0.1, 0.15) is 51.3 Å². The predicted octanol–water partition coefficient (Wildman–Crippen LogP) is 4.21. The maximum Gasteiger partial charge on any atom is 0.214 e. The first kappa shape index (κ1) is 19.9. The molecule has 1 aliphatic carbocycles. The number of nitrogens with zero attached hydrogens (tertiary/aromatic N) is 2. The Hall–Kier alpha value is -2.38. The lowest BCUT2D eigenvalue weighted by Gasteiger charge is -2.26. The third kappa shape index (κ3) is 4.31. The number of nitrogens with one attached hydrogen (secondary N) is 1. The number of benzene rings is 2. The minimum atomic E-state index is -3.32. The van der Waals surface area contributed by atoms with Crippen LogP contribution in [-0.2, 0) is 10.0 Å². The van der Waals surface area contributed by atoms with Gasteiger partial charge in [0.1, 0.15) is 11.9 Å². The van der Waals surface area contributed by atoms with Crippen molar-refractivity contribution in [3.8, 4) is 5.75 Å². The van der Waals surface area contributed by atoms with Crippen molar-refractivity contribution in [3.05, 3.63) is 60.3 Å². The van der Waals surface area contributed by atoms with E-state index in [0.717, 1.165) is 29.3 Å². The van der Waals surface area contributed by atoms with E-state index in [4.69, 9.17) is 4.74 Å². The standard InChI is InChI=1S/C22H27N3O3S/c1-15(2)25-21-12-9-19(13-18(21)14-23-25)28-22(17-7-5-4-6-8-17)16(3)24-29(26,27)20-10-11-20/h4-9,12-16,20,22,24H,10-11H2,1-3H3/t16-,22-/m0/s1. The predicted molar refractivity (Wildman–Crippen MR) is 114 cm³/mol. The highest BCUT2D eigenvalue weighted by Gasteiger charge is 2.38. The molecule has 0 unspecified atom stereocenters. The van der Waals surface area contributed by atoms with Crippen LogP contribution in [-0.4, -0.2) is 29.5 Å². The van der Waals surface area contributed by atoms with E-state index < -0.39 is 22.2 Å². The zero-order chi connectivity index (χ0) is 20.6. The SMILES string of the molecule is CC(C)n1ncc2cc(O[C@H](c3ccccc3)[C@H](C)NS(=O)(=O)C3CC3)ccc21. The fourth-order valence-corrected chi connectivity index (χ4v) is 5.15. The third-order valence-corrected chi connectivity index (χ3v) is 7.26. The summed E-state index contributed by atoms with van der Waals surface area (Å²) in [5.74, 6) is 0.687. The molecule has 29 heavy (non-hydrogen) atoms. The van der Waals surface area contributed by atoms with Crippen LogP contribution in [0.25, 0.3) is 10.9 Å². The van der Waals surface area contributed by atoms with Crippen LogP contribution in [0.2, 0.25) is 0 Å². The fourth-order valence-electron chi connectivity index (χ4n) is 3.56. The van der Waals surface area contributed by atoms with Gasteiger partial charge in [-0.2, -0.15) is 5.10 Å². The highest BCUT2D eigenvalue weighted by Crippen LogP contribution is 2.31. The highest BCUT2D eigenvalue weighted by atomic mass is 32.2. The normalized spacial score (nSPS) is 16.8. The molecule has 0 bridgehead atoms. The van der Waals surface area contributed by atoms with E-state index in [-0.39, 0.29) is 11.3 Å². The van der Waals surface area contributed by atoms with E-state index in [2.05, 4.69) is 23.7 Å². The van der Waals surface area contributed by atoms with Gasteiger partial charge in [-0.1, -0.05) is 30.3 Å². The zero-order valence-electron chi connectivity index (χ0n) is 16.9. The summed E-state index contributed by atoms with van der Waals surface area (Å²) in [7, 11) is -3.32. The van der Waals surface area contributed by atoms with E-state index in [1.165, 1.54) is 0 Å². The molecule has 0 aliphatic heterocycles. The second-order valence-corrected chi connectivity index (χ2v) is 10.00. The number of aromatic nitrogens is 2. The monoisotopic (exact) mass is 413 g/mol. The van der Waals surface area contributed by atoms with Gasteiger partial charge in [0, 0.05) is 11.4 Å². The zero-order valence-corrected chi connectivity index (χ0v) is 17.8. The van der Waals surface area contributed by atoms with Gasteiger partial charge >= 0.3 is 0 Å². The summed E-state index contributed by atoms with van der Waals surface area (Å²) in [6.45, 7) is 6.04. The Kier molecular flexibility index (Phi) is 5.36. The van der Waals surface area contributed by atoms with Crippen molar-refractivity contribution >= 4 is 20.9 Å². The van der Waals surface area contributed by atoms with Crippen LogP contribution in [0, 0.1) is 0 Å². The van der Waals surface area contributed by atoms with Crippen LogP contribution in [0.5, 0.6) is 5.75 Å². The molecule has 1 fully saturated rings. The molecule has 0 amide bonds. The summed E-state index contributed by atoms with van der Waals surface area (Å²) in [5.41, 5.74) is 1.97. The van der Waals surface area contributed by atoms with E-state index in [9.17, 15) is 8.42 Å². The molecule has 1 saturated carbocycles. The van der Waals surface area contributed by atoms with Crippen molar-refractivity contribution < 1.29 is 13.2 Å². The minimum absolute atomic E-state index is 0.264. The molecule has 1 aliphatic rings. The first-order valence-electron chi connectivity index (χ1n) is 10.0. The molecule has 154 valence electrons. The van der Waals surface area contributed by atoms with Gasteiger partial charge in [-0.05, 0) is 57.4 Å². The molecule has 1 N–H and O–H groups in total. The fraction of sp³-hybridized carbons (Fsp3) is 0.409. The Labute approximate surface area is 171 Å². The number of fused-ring (bicyclic) bond motifs is 1. The molecule has 0 radical (unpaired) electrons. The smallest absolute Gasteiger partial charge is 0.214 e. The molecule has 1 heterocycles. The van der Waals surface area contributed by atoms with Crippen LogP contribution in [0.4, 0.5) is 0 Å². The summed E-state index contributed by atoms with van der Waals surface area (Å²) in [6, 6.07) is 15.5. The van der Waals surface area contributed by atoms with Gasteiger partial charge in [0.15, 0.2) is 0 Å². The van der Waals surface area contributed by atoms with Crippen molar-refractivity contribution in [2.45, 2.75) is 57.1 Å². The topological polar surface area (TPSA) is 73.2 Å².